The monoisotopic (exact) mass is 253 g/mol. The van der Waals surface area contributed by atoms with E-state index in [4.69, 9.17) is 17.1 Å². The predicted molar refractivity (Wildman–Crippen MR) is 79.6 cm³/mol. The van der Waals surface area contributed by atoms with Gasteiger partial charge in [-0.2, -0.15) is 0 Å². The minimum absolute atomic E-state index is 0.335. The largest absolute Gasteiger partial charge is 0.383 e. The van der Waals surface area contributed by atoms with Gasteiger partial charge in [0.15, 0.2) is 0 Å². The summed E-state index contributed by atoms with van der Waals surface area (Å²) in [5.74, 6) is 4.52. The molecule has 1 atom stereocenters. The molecule has 19 heavy (non-hydrogen) atoms. The Morgan fingerprint density at radius 2 is 2.05 bits per heavy atom. The van der Waals surface area contributed by atoms with Crippen LogP contribution in [-0.4, -0.2) is 9.55 Å². The van der Waals surface area contributed by atoms with Crippen molar-refractivity contribution in [2.45, 2.75) is 32.7 Å². The van der Waals surface area contributed by atoms with Crippen LogP contribution in [-0.2, 0) is 6.54 Å². The average molecular weight is 253 g/mol. The van der Waals surface area contributed by atoms with Gasteiger partial charge in [0.25, 0.3) is 0 Å². The highest BCUT2D eigenvalue weighted by Crippen LogP contribution is 2.29. The van der Waals surface area contributed by atoms with Gasteiger partial charge in [-0.1, -0.05) is 50.1 Å². The fourth-order valence-corrected chi connectivity index (χ4v) is 2.10. The Morgan fingerprint density at radius 1 is 1.37 bits per heavy atom. The molecule has 0 aliphatic carbocycles. The summed E-state index contributed by atoms with van der Waals surface area (Å²) >= 11 is 0. The summed E-state index contributed by atoms with van der Waals surface area (Å²) in [6, 6.07) is 10.0. The van der Waals surface area contributed by atoms with E-state index >= 15 is 0 Å². The Hall–Kier alpha value is -2.21. The molecule has 1 aromatic carbocycles. The number of hydrogen-bond acceptors (Lipinski definition) is 2. The van der Waals surface area contributed by atoms with Gasteiger partial charge in [0, 0.05) is 11.5 Å². The molecular weight excluding hydrogens is 234 g/mol. The van der Waals surface area contributed by atoms with Crippen LogP contribution in [0.15, 0.2) is 30.3 Å². The lowest BCUT2D eigenvalue weighted by atomic mass is 10.1. The molecule has 0 aliphatic heterocycles. The van der Waals surface area contributed by atoms with Gasteiger partial charge in [-0.05, 0) is 6.42 Å². The number of aromatic nitrogens is 2. The first kappa shape index (κ1) is 13.2. The van der Waals surface area contributed by atoms with Crippen LogP contribution in [0, 0.1) is 12.3 Å². The van der Waals surface area contributed by atoms with Gasteiger partial charge in [0.2, 0.25) is 0 Å². The van der Waals surface area contributed by atoms with E-state index in [0.717, 1.165) is 23.5 Å². The molecule has 0 aliphatic rings. The predicted octanol–water partition coefficient (Wildman–Crippen LogP) is 3.28. The first-order chi connectivity index (χ1) is 9.19. The number of anilines is 1. The SMILES string of the molecule is C#CCn1c(-c2ccccc2)nc(C(C)CC)c1N. The van der Waals surface area contributed by atoms with Crippen LogP contribution in [0.2, 0.25) is 0 Å². The summed E-state index contributed by atoms with van der Waals surface area (Å²) in [4.78, 5) is 4.71. The van der Waals surface area contributed by atoms with Crippen LogP contribution in [0.4, 0.5) is 5.82 Å². The third kappa shape index (κ3) is 2.48. The van der Waals surface area contributed by atoms with Crippen molar-refractivity contribution in [3.05, 3.63) is 36.0 Å². The van der Waals surface area contributed by atoms with Gasteiger partial charge in [-0.25, -0.2) is 4.98 Å². The average Bonchev–Trinajstić information content (AvgIpc) is 2.77. The minimum Gasteiger partial charge on any atom is -0.383 e. The maximum atomic E-state index is 6.21. The molecule has 98 valence electrons. The smallest absolute Gasteiger partial charge is 0.142 e. The fourth-order valence-electron chi connectivity index (χ4n) is 2.10. The Bertz CT molecular complexity index is 590. The van der Waals surface area contributed by atoms with Crippen molar-refractivity contribution in [1.29, 1.82) is 0 Å². The van der Waals surface area contributed by atoms with Crippen LogP contribution in [0.1, 0.15) is 31.9 Å². The summed E-state index contributed by atoms with van der Waals surface area (Å²) in [5, 5.41) is 0. The van der Waals surface area contributed by atoms with Crippen molar-refractivity contribution < 1.29 is 0 Å². The quantitative estimate of drug-likeness (QED) is 0.850. The van der Waals surface area contributed by atoms with Gasteiger partial charge in [-0.15, -0.1) is 6.42 Å². The van der Waals surface area contributed by atoms with Gasteiger partial charge < -0.3 is 5.73 Å². The Morgan fingerprint density at radius 3 is 2.63 bits per heavy atom. The van der Waals surface area contributed by atoms with Crippen molar-refractivity contribution in [3.8, 4) is 23.7 Å². The summed E-state index contributed by atoms with van der Waals surface area (Å²) < 4.78 is 1.91. The van der Waals surface area contributed by atoms with Crippen molar-refractivity contribution >= 4 is 5.82 Å². The van der Waals surface area contributed by atoms with Crippen molar-refractivity contribution in [2.24, 2.45) is 0 Å². The van der Waals surface area contributed by atoms with E-state index in [9.17, 15) is 0 Å². The molecule has 3 heteroatoms. The number of imidazole rings is 1. The second-order valence-electron chi connectivity index (χ2n) is 4.67. The molecule has 0 amide bonds. The number of benzene rings is 1. The third-order valence-electron chi connectivity index (χ3n) is 3.40. The minimum atomic E-state index is 0.335. The highest BCUT2D eigenvalue weighted by Gasteiger charge is 2.18. The molecular formula is C16H19N3. The number of nitrogens with two attached hydrogens (primary N) is 1. The number of terminal acetylenes is 1. The molecule has 2 rings (SSSR count). The number of hydrogen-bond donors (Lipinski definition) is 1. The van der Waals surface area contributed by atoms with Crippen molar-refractivity contribution in [1.82, 2.24) is 9.55 Å². The third-order valence-corrected chi connectivity index (χ3v) is 3.40. The molecule has 0 fully saturated rings. The topological polar surface area (TPSA) is 43.8 Å². The summed E-state index contributed by atoms with van der Waals surface area (Å²) in [6.07, 6.45) is 6.45. The second kappa shape index (κ2) is 5.62. The zero-order chi connectivity index (χ0) is 13.8. The highest BCUT2D eigenvalue weighted by atomic mass is 15.1. The van der Waals surface area contributed by atoms with Crippen LogP contribution < -0.4 is 5.73 Å². The Balaban J connectivity index is 2.57. The van der Waals surface area contributed by atoms with Gasteiger partial charge >= 0.3 is 0 Å². The summed E-state index contributed by atoms with van der Waals surface area (Å²) in [5.41, 5.74) is 8.19. The van der Waals surface area contributed by atoms with E-state index in [-0.39, 0.29) is 0 Å². The molecule has 1 aromatic heterocycles. The number of nitrogens with zero attached hydrogens (tertiary/aromatic N) is 2. The van der Waals surface area contributed by atoms with E-state index < -0.39 is 0 Å². The van der Waals surface area contributed by atoms with E-state index in [2.05, 4.69) is 19.8 Å². The molecule has 0 saturated carbocycles. The molecule has 1 heterocycles. The van der Waals surface area contributed by atoms with Crippen LogP contribution >= 0.6 is 0 Å². The molecule has 3 nitrogen and oxygen atoms in total. The van der Waals surface area contributed by atoms with E-state index in [1.165, 1.54) is 0 Å². The first-order valence-corrected chi connectivity index (χ1v) is 6.53. The lowest BCUT2D eigenvalue weighted by molar-refractivity contribution is 0.714. The second-order valence-corrected chi connectivity index (χ2v) is 4.67. The molecule has 0 spiro atoms. The molecule has 0 bridgehead atoms. The maximum absolute atomic E-state index is 6.21. The van der Waals surface area contributed by atoms with Gasteiger partial charge in [-0.3, -0.25) is 4.57 Å². The zero-order valence-corrected chi connectivity index (χ0v) is 11.4. The molecule has 2 aromatic rings. The lowest BCUT2D eigenvalue weighted by Crippen LogP contribution is -2.05. The molecule has 0 saturated heterocycles. The summed E-state index contributed by atoms with van der Waals surface area (Å²) in [6.45, 7) is 4.71. The standard InChI is InChI=1S/C16H19N3/c1-4-11-19-15(17)14(12(3)5-2)18-16(19)13-9-7-6-8-10-13/h1,6-10,12H,5,11,17H2,2-3H3. The molecule has 1 unspecified atom stereocenters. The first-order valence-electron chi connectivity index (χ1n) is 6.53. The Kier molecular flexibility index (Phi) is 3.91. The van der Waals surface area contributed by atoms with Crippen LogP contribution in [0.5, 0.6) is 0 Å². The van der Waals surface area contributed by atoms with Crippen molar-refractivity contribution in [2.75, 3.05) is 5.73 Å². The number of rotatable bonds is 4. The summed E-state index contributed by atoms with van der Waals surface area (Å²) in [7, 11) is 0. The van der Waals surface area contributed by atoms with Gasteiger partial charge in [0.05, 0.1) is 12.2 Å². The fraction of sp³-hybridized carbons (Fsp3) is 0.312. The van der Waals surface area contributed by atoms with E-state index in [1.54, 1.807) is 0 Å². The number of nitrogen functional groups attached to an aromatic ring is 1. The van der Waals surface area contributed by atoms with Crippen LogP contribution in [0.3, 0.4) is 0 Å². The van der Waals surface area contributed by atoms with E-state index in [0.29, 0.717) is 18.3 Å². The highest BCUT2D eigenvalue weighted by molar-refractivity contribution is 5.61. The zero-order valence-electron chi connectivity index (χ0n) is 11.4. The maximum Gasteiger partial charge on any atom is 0.142 e. The van der Waals surface area contributed by atoms with Crippen LogP contribution in [0.25, 0.3) is 11.4 Å². The van der Waals surface area contributed by atoms with E-state index in [1.807, 2.05) is 34.9 Å². The molecule has 2 N–H and O–H groups in total. The lowest BCUT2D eigenvalue weighted by Gasteiger charge is -2.07. The normalized spacial score (nSPS) is 12.1. The van der Waals surface area contributed by atoms with Gasteiger partial charge in [0.1, 0.15) is 11.6 Å². The van der Waals surface area contributed by atoms with Crippen molar-refractivity contribution in [3.63, 3.8) is 0 Å². The molecule has 0 radical (unpaired) electrons. The Labute approximate surface area is 114 Å².